The second-order valence-electron chi connectivity index (χ2n) is 12.0. The minimum Gasteiger partial charge on any atom is -0.461 e. The molecule has 43 heavy (non-hydrogen) atoms. The summed E-state index contributed by atoms with van der Waals surface area (Å²) >= 11 is 3.26. The van der Waals surface area contributed by atoms with Crippen molar-refractivity contribution in [2.75, 3.05) is 55.4 Å². The average Bonchev–Trinajstić information content (AvgIpc) is 3.73. The number of aryl methyl sites for hydroxylation is 1. The van der Waals surface area contributed by atoms with Crippen molar-refractivity contribution in [3.8, 4) is 18.1 Å². The molecule has 0 radical (unpaired) electrons. The number of nitrogens with zero attached hydrogens (tertiary/aromatic N) is 8. The number of nitrogen functional groups attached to an aromatic ring is 1. The fourth-order valence-electron chi connectivity index (χ4n) is 7.17. The standard InChI is InChI=1S/C28H31FN10O2S2/c1-36(9-16-10-37(2)35-25(16)40)23-19(8-31)24(34-26(33-23)41-15-27-4-3-5-39(27)11-17(29)6-27)38-13-28(14-38)21-18(7-30)22(32)43-20(21)12-42-28/h10,17H,3-6,9,11-15,32H2,1-2H3,(H,35,40)/t17-,27+/m1/s1. The number of alkyl halides is 1. The number of hydrogen-bond acceptors (Lipinski definition) is 12. The highest BCUT2D eigenvalue weighted by Crippen LogP contribution is 2.58. The van der Waals surface area contributed by atoms with Gasteiger partial charge in [-0.1, -0.05) is 0 Å². The number of nitrogens with two attached hydrogens (primary N) is 1. The minimum absolute atomic E-state index is 0.111. The first-order valence-corrected chi connectivity index (χ1v) is 16.0. The number of rotatable bonds is 7. The monoisotopic (exact) mass is 622 g/mol. The van der Waals surface area contributed by atoms with Crippen LogP contribution in [-0.2, 0) is 24.1 Å². The smallest absolute Gasteiger partial charge is 0.320 e. The van der Waals surface area contributed by atoms with Crippen molar-refractivity contribution >= 4 is 39.7 Å². The summed E-state index contributed by atoms with van der Waals surface area (Å²) in [6, 6.07) is 4.70. The van der Waals surface area contributed by atoms with E-state index in [0.29, 0.717) is 53.8 Å². The van der Waals surface area contributed by atoms with Crippen LogP contribution >= 0.6 is 23.1 Å². The molecule has 3 saturated heterocycles. The van der Waals surface area contributed by atoms with Crippen molar-refractivity contribution in [1.29, 1.82) is 10.5 Å². The van der Waals surface area contributed by atoms with Crippen LogP contribution in [0.4, 0.5) is 21.0 Å². The fourth-order valence-corrected chi connectivity index (χ4v) is 9.98. The van der Waals surface area contributed by atoms with Gasteiger partial charge in [0, 0.05) is 62.5 Å². The minimum atomic E-state index is -0.887. The Morgan fingerprint density at radius 1 is 1.30 bits per heavy atom. The maximum absolute atomic E-state index is 14.4. The van der Waals surface area contributed by atoms with Crippen LogP contribution in [0.5, 0.6) is 6.01 Å². The molecule has 224 valence electrons. The molecule has 12 nitrogen and oxygen atoms in total. The highest BCUT2D eigenvalue weighted by Gasteiger charge is 2.53. The molecule has 0 aliphatic carbocycles. The van der Waals surface area contributed by atoms with Gasteiger partial charge in [-0.3, -0.25) is 19.5 Å². The van der Waals surface area contributed by atoms with Gasteiger partial charge < -0.3 is 20.3 Å². The average molecular weight is 623 g/mol. The van der Waals surface area contributed by atoms with Crippen LogP contribution in [0.2, 0.25) is 0 Å². The highest BCUT2D eigenvalue weighted by atomic mass is 32.2. The number of anilines is 3. The third-order valence-electron chi connectivity index (χ3n) is 9.13. The zero-order chi connectivity index (χ0) is 30.1. The number of halogens is 1. The van der Waals surface area contributed by atoms with E-state index in [2.05, 4.69) is 27.1 Å². The van der Waals surface area contributed by atoms with Gasteiger partial charge in [-0.05, 0) is 19.4 Å². The van der Waals surface area contributed by atoms with E-state index < -0.39 is 6.17 Å². The second kappa shape index (κ2) is 10.1. The zero-order valence-corrected chi connectivity index (χ0v) is 25.5. The maximum Gasteiger partial charge on any atom is 0.320 e. The lowest BCUT2D eigenvalue weighted by molar-refractivity contribution is 0.107. The molecule has 15 heteroatoms. The quantitative estimate of drug-likeness (QED) is 0.399. The number of aromatic amines is 1. The number of ether oxygens (including phenoxy) is 1. The topological polar surface area (TPSA) is 156 Å². The lowest BCUT2D eigenvalue weighted by atomic mass is 9.88. The first kappa shape index (κ1) is 28.0. The van der Waals surface area contributed by atoms with E-state index in [-0.39, 0.29) is 40.6 Å². The van der Waals surface area contributed by atoms with Gasteiger partial charge in [0.25, 0.3) is 5.56 Å². The number of nitriles is 2. The molecule has 7 heterocycles. The number of hydrogen-bond donors (Lipinski definition) is 2. The zero-order valence-electron chi connectivity index (χ0n) is 23.9. The SMILES string of the molecule is CN(Cc1cn(C)[nH]c1=O)c1nc(OC[C@@]23CCCN2C[C@H](F)C3)nc(N2CC3(C2)SCc2sc(N)c(C#N)c23)c1C#N. The molecule has 3 N–H and O–H groups in total. The second-order valence-corrected chi connectivity index (χ2v) is 14.5. The summed E-state index contributed by atoms with van der Waals surface area (Å²) in [6.45, 7) is 2.81. The Bertz CT molecular complexity index is 1750. The van der Waals surface area contributed by atoms with E-state index in [1.807, 2.05) is 4.90 Å². The third kappa shape index (κ3) is 4.44. The van der Waals surface area contributed by atoms with Gasteiger partial charge in [0.05, 0.1) is 28.0 Å². The van der Waals surface area contributed by atoms with Gasteiger partial charge in [-0.15, -0.1) is 23.1 Å². The van der Waals surface area contributed by atoms with E-state index in [1.165, 1.54) is 11.3 Å². The van der Waals surface area contributed by atoms with Gasteiger partial charge in [-0.25, -0.2) is 4.39 Å². The molecular formula is C28H31FN10O2S2. The van der Waals surface area contributed by atoms with Crippen molar-refractivity contribution in [3.05, 3.63) is 43.7 Å². The molecule has 2 atom stereocenters. The van der Waals surface area contributed by atoms with Gasteiger partial charge in [0.15, 0.2) is 11.6 Å². The van der Waals surface area contributed by atoms with Gasteiger partial charge >= 0.3 is 6.01 Å². The first-order valence-electron chi connectivity index (χ1n) is 14.2. The molecule has 3 aromatic rings. The van der Waals surface area contributed by atoms with E-state index >= 15 is 0 Å². The van der Waals surface area contributed by atoms with Crippen molar-refractivity contribution < 1.29 is 9.13 Å². The predicted molar refractivity (Wildman–Crippen MR) is 162 cm³/mol. The molecule has 1 spiro atoms. The molecule has 0 aromatic carbocycles. The fraction of sp³-hybridized carbons (Fsp3) is 0.536. The largest absolute Gasteiger partial charge is 0.461 e. The molecule has 0 bridgehead atoms. The van der Waals surface area contributed by atoms with E-state index in [0.717, 1.165) is 35.6 Å². The van der Waals surface area contributed by atoms with Gasteiger partial charge in [-0.2, -0.15) is 20.5 Å². The van der Waals surface area contributed by atoms with Crippen LogP contribution in [0.3, 0.4) is 0 Å². The summed E-state index contributed by atoms with van der Waals surface area (Å²) in [7, 11) is 3.51. The normalized spacial score (nSPS) is 23.6. The Hall–Kier alpha value is -3.79. The number of nitrogens with one attached hydrogen (secondary N) is 1. The van der Waals surface area contributed by atoms with Crippen molar-refractivity contribution in [1.82, 2.24) is 24.6 Å². The number of fused-ring (bicyclic) bond motifs is 3. The molecule has 0 saturated carbocycles. The summed E-state index contributed by atoms with van der Waals surface area (Å²) in [5, 5.41) is 23.4. The summed E-state index contributed by atoms with van der Waals surface area (Å²) in [5.41, 5.74) is 7.91. The van der Waals surface area contributed by atoms with Gasteiger partial charge in [0.1, 0.15) is 35.5 Å². The van der Waals surface area contributed by atoms with Crippen LogP contribution in [0.25, 0.3) is 0 Å². The summed E-state index contributed by atoms with van der Waals surface area (Å²) in [6.07, 6.45) is 3.07. The number of thiophene rings is 1. The predicted octanol–water partition coefficient (Wildman–Crippen LogP) is 2.44. The van der Waals surface area contributed by atoms with E-state index in [4.69, 9.17) is 15.5 Å². The highest BCUT2D eigenvalue weighted by molar-refractivity contribution is 8.00. The van der Waals surface area contributed by atoms with Crippen LogP contribution < -0.4 is 25.8 Å². The molecule has 0 unspecified atom stereocenters. The number of aromatic nitrogens is 4. The Kier molecular flexibility index (Phi) is 6.61. The Balaban J connectivity index is 1.23. The maximum atomic E-state index is 14.4. The molecule has 0 amide bonds. The third-order valence-corrected chi connectivity index (χ3v) is 11.8. The van der Waals surface area contributed by atoms with E-state index in [1.54, 1.807) is 41.6 Å². The van der Waals surface area contributed by atoms with E-state index in [9.17, 15) is 19.7 Å². The Labute approximate surface area is 255 Å². The lowest BCUT2D eigenvalue weighted by Crippen LogP contribution is -2.57. The lowest BCUT2D eigenvalue weighted by Gasteiger charge is -2.48. The number of H-pyrrole nitrogens is 1. The summed E-state index contributed by atoms with van der Waals surface area (Å²) < 4.78 is 22.0. The van der Waals surface area contributed by atoms with Crippen LogP contribution in [0, 0.1) is 22.7 Å². The molecule has 4 aliphatic rings. The molecule has 3 aromatic heterocycles. The van der Waals surface area contributed by atoms with Crippen molar-refractivity contribution in [2.24, 2.45) is 7.05 Å². The molecule has 4 aliphatic heterocycles. The van der Waals surface area contributed by atoms with Crippen LogP contribution in [-0.4, -0.2) is 76.2 Å². The molecule has 7 rings (SSSR count). The number of thioether (sulfide) groups is 1. The Morgan fingerprint density at radius 3 is 2.81 bits per heavy atom. The molecular weight excluding hydrogens is 592 g/mol. The summed E-state index contributed by atoms with van der Waals surface area (Å²) in [4.78, 5) is 28.9. The first-order chi connectivity index (χ1) is 20.6. The summed E-state index contributed by atoms with van der Waals surface area (Å²) in [5.74, 6) is 1.57. The van der Waals surface area contributed by atoms with Gasteiger partial charge in [0.2, 0.25) is 0 Å². The van der Waals surface area contributed by atoms with Crippen LogP contribution in [0.15, 0.2) is 11.0 Å². The Morgan fingerprint density at radius 2 is 2.09 bits per heavy atom. The van der Waals surface area contributed by atoms with Crippen molar-refractivity contribution in [2.45, 2.75) is 48.0 Å². The van der Waals surface area contributed by atoms with Crippen molar-refractivity contribution in [3.63, 3.8) is 0 Å². The molecule has 3 fully saturated rings. The van der Waals surface area contributed by atoms with Crippen LogP contribution in [0.1, 0.15) is 46.4 Å².